The molecule has 34 heavy (non-hydrogen) atoms. The Balaban J connectivity index is 1.70. The van der Waals surface area contributed by atoms with Crippen molar-refractivity contribution in [1.82, 2.24) is 15.2 Å². The number of amides is 4. The molecule has 2 aliphatic rings. The van der Waals surface area contributed by atoms with Crippen LogP contribution in [0.5, 0.6) is 0 Å². The maximum absolute atomic E-state index is 14.3. The molecule has 0 spiro atoms. The van der Waals surface area contributed by atoms with Crippen molar-refractivity contribution in [2.75, 3.05) is 6.54 Å². The number of fused-ring (bicyclic) bond motifs is 1. The van der Waals surface area contributed by atoms with Crippen LogP contribution in [0.3, 0.4) is 0 Å². The first-order valence-corrected chi connectivity index (χ1v) is 11.7. The Kier molecular flexibility index (Phi) is 6.79. The summed E-state index contributed by atoms with van der Waals surface area (Å²) in [5.74, 6) is -3.26. The van der Waals surface area contributed by atoms with E-state index in [0.29, 0.717) is 24.8 Å². The van der Waals surface area contributed by atoms with E-state index in [1.54, 1.807) is 0 Å². The first-order chi connectivity index (χ1) is 16.2. The molecule has 2 heterocycles. The fourth-order valence-electron chi connectivity index (χ4n) is 4.63. The van der Waals surface area contributed by atoms with Crippen molar-refractivity contribution in [2.45, 2.75) is 50.6 Å². The number of carbonyl (C=O) groups excluding carboxylic acids is 4. The largest absolute Gasteiger partial charge is 0.368 e. The number of benzene rings is 1. The molecule has 1 aliphatic carbocycles. The van der Waals surface area contributed by atoms with Crippen LogP contribution in [0.15, 0.2) is 18.2 Å². The van der Waals surface area contributed by atoms with Gasteiger partial charge >= 0.3 is 0 Å². The monoisotopic (exact) mass is 491 g/mol. The molecule has 1 saturated carbocycles. The van der Waals surface area contributed by atoms with Crippen LogP contribution in [-0.4, -0.2) is 40.8 Å². The van der Waals surface area contributed by atoms with Gasteiger partial charge in [-0.15, -0.1) is 0 Å². The lowest BCUT2D eigenvalue weighted by atomic mass is 9.91. The lowest BCUT2D eigenvalue weighted by molar-refractivity contribution is -0.132. The number of hydrogen-bond acceptors (Lipinski definition) is 4. The van der Waals surface area contributed by atoms with E-state index in [0.717, 1.165) is 19.3 Å². The molecule has 4 rings (SSSR count). The third kappa shape index (κ3) is 4.86. The predicted molar refractivity (Wildman–Crippen MR) is 123 cm³/mol. The van der Waals surface area contributed by atoms with Crippen LogP contribution in [0.1, 0.15) is 55.1 Å². The van der Waals surface area contributed by atoms with Gasteiger partial charge in [0.25, 0.3) is 5.91 Å². The van der Waals surface area contributed by atoms with E-state index in [9.17, 15) is 23.6 Å². The minimum atomic E-state index is -1.09. The van der Waals surface area contributed by atoms with Gasteiger partial charge in [-0.3, -0.25) is 19.2 Å². The van der Waals surface area contributed by atoms with E-state index in [1.807, 2.05) is 0 Å². The van der Waals surface area contributed by atoms with Crippen molar-refractivity contribution in [2.24, 2.45) is 23.3 Å². The Hall–Kier alpha value is -3.14. The van der Waals surface area contributed by atoms with Gasteiger partial charge < -0.3 is 26.7 Å². The molecular formula is C23H27ClFN5O4. The highest BCUT2D eigenvalue weighted by atomic mass is 35.5. The quantitative estimate of drug-likeness (QED) is 0.422. The van der Waals surface area contributed by atoms with E-state index >= 15 is 0 Å². The van der Waals surface area contributed by atoms with Crippen LogP contribution in [0, 0.1) is 17.7 Å². The van der Waals surface area contributed by atoms with Gasteiger partial charge in [-0.2, -0.15) is 0 Å². The van der Waals surface area contributed by atoms with Crippen LogP contribution in [0.4, 0.5) is 4.39 Å². The van der Waals surface area contributed by atoms with Crippen LogP contribution < -0.4 is 22.1 Å². The van der Waals surface area contributed by atoms with E-state index < -0.39 is 41.5 Å². The molecule has 1 aromatic heterocycles. The Labute approximate surface area is 200 Å². The summed E-state index contributed by atoms with van der Waals surface area (Å²) in [4.78, 5) is 50.1. The number of nitrogens with one attached hydrogen (secondary N) is 2. The number of aromatic nitrogens is 1. The van der Waals surface area contributed by atoms with Crippen molar-refractivity contribution in [3.63, 3.8) is 0 Å². The summed E-state index contributed by atoms with van der Waals surface area (Å²) in [7, 11) is 0. The van der Waals surface area contributed by atoms with Crippen LogP contribution in [0.2, 0.25) is 5.02 Å². The van der Waals surface area contributed by atoms with E-state index in [1.165, 1.54) is 22.8 Å². The fourth-order valence-corrected chi connectivity index (χ4v) is 4.89. The first kappa shape index (κ1) is 24.0. The SMILES string of the molecule is NC(=O)c1cc2ccc(F)c(Cl)c2n1[C@@H](CC1CC1)C(=O)N[C@@H](C[C@@H]1CCCNC1=O)C(N)=O. The molecule has 0 radical (unpaired) electrons. The summed E-state index contributed by atoms with van der Waals surface area (Å²) in [6.07, 6.45) is 3.56. The van der Waals surface area contributed by atoms with E-state index in [-0.39, 0.29) is 34.5 Å². The number of nitrogens with two attached hydrogens (primary N) is 2. The summed E-state index contributed by atoms with van der Waals surface area (Å²) < 4.78 is 15.7. The highest BCUT2D eigenvalue weighted by molar-refractivity contribution is 6.35. The average Bonchev–Trinajstić information content (AvgIpc) is 3.53. The minimum absolute atomic E-state index is 0.00517. The van der Waals surface area contributed by atoms with Gasteiger partial charge in [-0.05, 0) is 49.8 Å². The molecule has 1 saturated heterocycles. The summed E-state index contributed by atoms with van der Waals surface area (Å²) in [6.45, 7) is 0.570. The molecule has 4 amide bonds. The zero-order valence-electron chi connectivity index (χ0n) is 18.5. The molecule has 6 N–H and O–H groups in total. The minimum Gasteiger partial charge on any atom is -0.368 e. The number of primary amides is 2. The summed E-state index contributed by atoms with van der Waals surface area (Å²) in [6, 6.07) is 2.03. The summed E-state index contributed by atoms with van der Waals surface area (Å²) in [5, 5.41) is 5.64. The molecule has 0 unspecified atom stereocenters. The highest BCUT2D eigenvalue weighted by Crippen LogP contribution is 2.40. The van der Waals surface area contributed by atoms with Gasteiger partial charge in [0.15, 0.2) is 0 Å². The smallest absolute Gasteiger partial charge is 0.265 e. The Morgan fingerprint density at radius 1 is 1.21 bits per heavy atom. The van der Waals surface area contributed by atoms with Crippen LogP contribution in [0.25, 0.3) is 10.9 Å². The summed E-state index contributed by atoms with van der Waals surface area (Å²) >= 11 is 6.25. The fraction of sp³-hybridized carbons (Fsp3) is 0.478. The number of piperidine rings is 1. The van der Waals surface area contributed by atoms with Crippen molar-refractivity contribution in [3.05, 3.63) is 34.7 Å². The topological polar surface area (TPSA) is 149 Å². The molecule has 1 aromatic carbocycles. The second-order valence-corrected chi connectivity index (χ2v) is 9.47. The molecule has 1 aliphatic heterocycles. The average molecular weight is 492 g/mol. The lowest BCUT2D eigenvalue weighted by Crippen LogP contribution is -2.50. The van der Waals surface area contributed by atoms with E-state index in [2.05, 4.69) is 10.6 Å². The molecule has 2 aromatic rings. The Bertz CT molecular complexity index is 1160. The highest BCUT2D eigenvalue weighted by Gasteiger charge is 2.36. The standard InChI is InChI=1S/C23H27ClFN5O4/c24-18-14(25)6-5-12-10-16(21(27)32)30(19(12)18)17(8-11-3-4-11)23(34)29-15(20(26)31)9-13-2-1-7-28-22(13)33/h5-6,10-11,13,15,17H,1-4,7-9H2,(H2,26,31)(H2,27,32)(H,28,33)(H,29,34)/t13-,15-,17-/m0/s1. The lowest BCUT2D eigenvalue weighted by Gasteiger charge is -2.28. The molecular weight excluding hydrogens is 465 g/mol. The third-order valence-electron chi connectivity index (χ3n) is 6.59. The molecule has 0 bridgehead atoms. The van der Waals surface area contributed by atoms with Gasteiger partial charge in [0.2, 0.25) is 17.7 Å². The van der Waals surface area contributed by atoms with Crippen molar-refractivity contribution in [1.29, 1.82) is 0 Å². The number of carbonyl (C=O) groups is 4. The predicted octanol–water partition coefficient (Wildman–Crippen LogP) is 1.76. The Morgan fingerprint density at radius 3 is 2.56 bits per heavy atom. The number of rotatable bonds is 9. The van der Waals surface area contributed by atoms with Gasteiger partial charge in [0, 0.05) is 17.8 Å². The molecule has 182 valence electrons. The zero-order chi connectivity index (χ0) is 24.6. The number of nitrogens with zero attached hydrogens (tertiary/aromatic N) is 1. The van der Waals surface area contributed by atoms with Crippen LogP contribution >= 0.6 is 11.6 Å². The zero-order valence-corrected chi connectivity index (χ0v) is 19.2. The van der Waals surface area contributed by atoms with Crippen molar-refractivity contribution < 1.29 is 23.6 Å². The van der Waals surface area contributed by atoms with Crippen molar-refractivity contribution >= 4 is 46.1 Å². The van der Waals surface area contributed by atoms with E-state index in [4.69, 9.17) is 23.1 Å². The molecule has 2 fully saturated rings. The van der Waals surface area contributed by atoms with Gasteiger partial charge in [-0.25, -0.2) is 4.39 Å². The number of hydrogen-bond donors (Lipinski definition) is 4. The summed E-state index contributed by atoms with van der Waals surface area (Å²) in [5.41, 5.74) is 11.3. The van der Waals surface area contributed by atoms with Gasteiger partial charge in [0.1, 0.15) is 28.6 Å². The number of halogens is 2. The third-order valence-corrected chi connectivity index (χ3v) is 6.95. The second kappa shape index (κ2) is 9.61. The maximum atomic E-state index is 14.3. The second-order valence-electron chi connectivity index (χ2n) is 9.09. The van der Waals surface area contributed by atoms with Crippen molar-refractivity contribution in [3.8, 4) is 0 Å². The molecule has 11 heteroatoms. The van der Waals surface area contributed by atoms with Gasteiger partial charge in [0.05, 0.1) is 5.52 Å². The normalized spacial score (nSPS) is 19.9. The van der Waals surface area contributed by atoms with Gasteiger partial charge in [-0.1, -0.05) is 24.4 Å². The molecule has 9 nitrogen and oxygen atoms in total. The Morgan fingerprint density at radius 2 is 1.94 bits per heavy atom. The molecule has 3 atom stereocenters. The van der Waals surface area contributed by atoms with Crippen LogP contribution in [-0.2, 0) is 14.4 Å². The first-order valence-electron chi connectivity index (χ1n) is 11.3. The maximum Gasteiger partial charge on any atom is 0.265 e.